The molecular formula is C9H7ClN2OS. The number of hydrogen-bond acceptors (Lipinski definition) is 3. The van der Waals surface area contributed by atoms with Crippen LogP contribution in [0.5, 0.6) is 0 Å². The molecule has 0 bridgehead atoms. The van der Waals surface area contributed by atoms with E-state index >= 15 is 0 Å². The van der Waals surface area contributed by atoms with Gasteiger partial charge in [0.05, 0.1) is 4.70 Å². The first-order valence-corrected chi connectivity index (χ1v) is 5.32. The van der Waals surface area contributed by atoms with E-state index < -0.39 is 0 Å². The summed E-state index contributed by atoms with van der Waals surface area (Å²) < 4.78 is 5.19. The Labute approximate surface area is 89.9 Å². The molecular weight excluding hydrogens is 220 g/mol. The van der Waals surface area contributed by atoms with Crippen molar-refractivity contribution in [1.29, 1.82) is 0 Å². The molecule has 1 heterocycles. The molecule has 2 rings (SSSR count). The zero-order valence-electron chi connectivity index (χ0n) is 7.16. The molecule has 3 nitrogen and oxygen atoms in total. The topological polar surface area (TPSA) is 42.0 Å². The van der Waals surface area contributed by atoms with Crippen LogP contribution < -0.4 is 5.32 Å². The van der Waals surface area contributed by atoms with Crippen molar-refractivity contribution < 1.29 is 4.79 Å². The van der Waals surface area contributed by atoms with Crippen LogP contribution in [0.4, 0.5) is 5.82 Å². The molecule has 1 N–H and O–H groups in total. The number of nitrogens with zero attached hydrogens (tertiary/aromatic N) is 1. The summed E-state index contributed by atoms with van der Waals surface area (Å²) in [4.78, 5) is 11.0. The van der Waals surface area contributed by atoms with Crippen LogP contribution in [-0.2, 0) is 4.79 Å². The molecule has 0 atom stereocenters. The molecule has 0 fully saturated rings. The number of carbonyl (C=O) groups is 1. The Kier molecular flexibility index (Phi) is 2.65. The van der Waals surface area contributed by atoms with Crippen molar-refractivity contribution in [3.05, 3.63) is 24.3 Å². The fraction of sp³-hybridized carbons (Fsp3) is 0.111. The molecule has 0 aliphatic heterocycles. The zero-order chi connectivity index (χ0) is 9.97. The third-order valence-corrected chi connectivity index (χ3v) is 2.83. The average Bonchev–Trinajstić information content (AvgIpc) is 2.62. The molecule has 1 aromatic carbocycles. The highest BCUT2D eigenvalue weighted by molar-refractivity contribution is 7.13. The summed E-state index contributed by atoms with van der Waals surface area (Å²) in [6, 6.07) is 7.73. The van der Waals surface area contributed by atoms with Crippen LogP contribution in [0.3, 0.4) is 0 Å². The van der Waals surface area contributed by atoms with E-state index in [1.165, 1.54) is 11.5 Å². The number of fused-ring (bicyclic) bond motifs is 1. The number of carbonyl (C=O) groups excluding carboxylic acids is 1. The minimum Gasteiger partial charge on any atom is -0.308 e. The molecule has 0 aliphatic carbocycles. The predicted octanol–water partition coefficient (Wildman–Crippen LogP) is 2.47. The fourth-order valence-corrected chi connectivity index (χ4v) is 1.94. The third kappa shape index (κ3) is 1.71. The van der Waals surface area contributed by atoms with E-state index in [1.54, 1.807) is 0 Å². The first-order chi connectivity index (χ1) is 6.81. The smallest absolute Gasteiger partial charge is 0.240 e. The van der Waals surface area contributed by atoms with Crippen LogP contribution in [0.1, 0.15) is 0 Å². The van der Waals surface area contributed by atoms with E-state index in [0.717, 1.165) is 10.1 Å². The number of alkyl halides is 1. The van der Waals surface area contributed by atoms with Gasteiger partial charge in [0, 0.05) is 5.39 Å². The van der Waals surface area contributed by atoms with Crippen molar-refractivity contribution in [2.24, 2.45) is 0 Å². The molecule has 0 aliphatic rings. The van der Waals surface area contributed by atoms with Gasteiger partial charge in [-0.05, 0) is 23.7 Å². The van der Waals surface area contributed by atoms with Gasteiger partial charge in [-0.25, -0.2) is 0 Å². The fourth-order valence-electron chi connectivity index (χ4n) is 1.14. The molecule has 0 saturated heterocycles. The average molecular weight is 227 g/mol. The van der Waals surface area contributed by atoms with Gasteiger partial charge in [-0.2, -0.15) is 4.37 Å². The summed E-state index contributed by atoms with van der Waals surface area (Å²) >= 11 is 6.74. The van der Waals surface area contributed by atoms with E-state index in [9.17, 15) is 4.79 Å². The Morgan fingerprint density at radius 1 is 1.50 bits per heavy atom. The van der Waals surface area contributed by atoms with Crippen molar-refractivity contribution in [1.82, 2.24) is 4.37 Å². The maximum atomic E-state index is 11.0. The number of hydrogen-bond donors (Lipinski definition) is 1. The quantitative estimate of drug-likeness (QED) is 0.800. The van der Waals surface area contributed by atoms with Gasteiger partial charge >= 0.3 is 0 Å². The lowest BCUT2D eigenvalue weighted by Crippen LogP contribution is -2.12. The number of benzene rings is 1. The molecule has 2 aromatic rings. The molecule has 72 valence electrons. The molecule has 1 aromatic heterocycles. The van der Waals surface area contributed by atoms with Crippen molar-refractivity contribution in [2.75, 3.05) is 11.2 Å². The summed E-state index contributed by atoms with van der Waals surface area (Å²) in [6.07, 6.45) is 0. The standard InChI is InChI=1S/C9H7ClN2OS/c10-5-8(13)11-9-6-3-1-2-4-7(6)14-12-9/h1-4H,5H2,(H,11,12,13). The first-order valence-electron chi connectivity index (χ1n) is 4.01. The van der Waals surface area contributed by atoms with E-state index in [4.69, 9.17) is 11.6 Å². The van der Waals surface area contributed by atoms with E-state index in [-0.39, 0.29) is 11.8 Å². The summed E-state index contributed by atoms with van der Waals surface area (Å²) in [6.45, 7) is 0. The van der Waals surface area contributed by atoms with Crippen LogP contribution in [0, 0.1) is 0 Å². The summed E-state index contributed by atoms with van der Waals surface area (Å²) in [5.74, 6) is 0.310. The van der Waals surface area contributed by atoms with Crippen molar-refractivity contribution in [3.8, 4) is 0 Å². The SMILES string of the molecule is O=C(CCl)Nc1nsc2ccccc12. The molecule has 0 saturated carbocycles. The third-order valence-electron chi connectivity index (χ3n) is 1.76. The number of rotatable bonds is 2. The number of anilines is 1. The Morgan fingerprint density at radius 2 is 2.29 bits per heavy atom. The number of halogens is 1. The molecule has 0 spiro atoms. The second kappa shape index (κ2) is 3.94. The van der Waals surface area contributed by atoms with E-state index in [1.807, 2.05) is 24.3 Å². The molecule has 5 heteroatoms. The Balaban J connectivity index is 2.38. The zero-order valence-corrected chi connectivity index (χ0v) is 8.73. The highest BCUT2D eigenvalue weighted by Crippen LogP contribution is 2.25. The van der Waals surface area contributed by atoms with Gasteiger partial charge in [-0.3, -0.25) is 4.79 Å². The van der Waals surface area contributed by atoms with Crippen molar-refractivity contribution in [2.45, 2.75) is 0 Å². The molecule has 0 unspecified atom stereocenters. The van der Waals surface area contributed by atoms with Gasteiger partial charge in [-0.15, -0.1) is 11.6 Å². The minimum absolute atomic E-state index is 0.0497. The maximum absolute atomic E-state index is 11.0. The van der Waals surface area contributed by atoms with Crippen LogP contribution >= 0.6 is 23.1 Å². The summed E-state index contributed by atoms with van der Waals surface area (Å²) in [7, 11) is 0. The van der Waals surface area contributed by atoms with Gasteiger partial charge in [0.2, 0.25) is 5.91 Å². The number of nitrogens with one attached hydrogen (secondary N) is 1. The summed E-state index contributed by atoms with van der Waals surface area (Å²) in [5, 5.41) is 3.60. The lowest BCUT2D eigenvalue weighted by atomic mass is 10.2. The van der Waals surface area contributed by atoms with Crippen LogP contribution in [0.2, 0.25) is 0 Å². The van der Waals surface area contributed by atoms with E-state index in [0.29, 0.717) is 5.82 Å². The second-order valence-electron chi connectivity index (χ2n) is 2.71. The summed E-state index contributed by atoms with van der Waals surface area (Å²) in [5.41, 5.74) is 0. The van der Waals surface area contributed by atoms with Gasteiger partial charge in [0.15, 0.2) is 5.82 Å². The van der Waals surface area contributed by atoms with E-state index in [2.05, 4.69) is 9.69 Å². The van der Waals surface area contributed by atoms with Gasteiger partial charge in [0.1, 0.15) is 5.88 Å². The number of aromatic nitrogens is 1. The first kappa shape index (κ1) is 9.43. The molecule has 1 amide bonds. The predicted molar refractivity (Wildman–Crippen MR) is 59.0 cm³/mol. The molecule has 14 heavy (non-hydrogen) atoms. The lowest BCUT2D eigenvalue weighted by molar-refractivity contribution is -0.113. The minimum atomic E-state index is -0.234. The van der Waals surface area contributed by atoms with Gasteiger partial charge in [0.25, 0.3) is 0 Å². The van der Waals surface area contributed by atoms with Crippen LogP contribution in [0.25, 0.3) is 10.1 Å². The molecule has 0 radical (unpaired) electrons. The Bertz CT molecular complexity index is 469. The van der Waals surface area contributed by atoms with Crippen LogP contribution in [-0.4, -0.2) is 16.2 Å². The Morgan fingerprint density at radius 3 is 3.07 bits per heavy atom. The lowest BCUT2D eigenvalue weighted by Gasteiger charge is -1.97. The highest BCUT2D eigenvalue weighted by Gasteiger charge is 2.07. The highest BCUT2D eigenvalue weighted by atomic mass is 35.5. The Hall–Kier alpha value is -1.13. The normalized spacial score (nSPS) is 10.4. The van der Waals surface area contributed by atoms with Gasteiger partial charge < -0.3 is 5.32 Å². The van der Waals surface area contributed by atoms with Crippen LogP contribution in [0.15, 0.2) is 24.3 Å². The van der Waals surface area contributed by atoms with Gasteiger partial charge in [-0.1, -0.05) is 12.1 Å². The second-order valence-corrected chi connectivity index (χ2v) is 3.78. The maximum Gasteiger partial charge on any atom is 0.240 e. The van der Waals surface area contributed by atoms with Crippen molar-refractivity contribution in [3.63, 3.8) is 0 Å². The monoisotopic (exact) mass is 226 g/mol. The number of amides is 1. The largest absolute Gasteiger partial charge is 0.308 e. The van der Waals surface area contributed by atoms with Crippen molar-refractivity contribution >= 4 is 44.9 Å².